The molecule has 2 rings (SSSR count). The van der Waals surface area contributed by atoms with Crippen LogP contribution in [0.3, 0.4) is 0 Å². The highest BCUT2D eigenvalue weighted by Crippen LogP contribution is 2.32. The Kier molecular flexibility index (Phi) is 3.80. The lowest BCUT2D eigenvalue weighted by molar-refractivity contribution is 0.160. The fraction of sp³-hybridized carbons (Fsp3) is 1.00. The van der Waals surface area contributed by atoms with Gasteiger partial charge in [0.2, 0.25) is 0 Å². The molecule has 0 spiro atoms. The number of alkyl halides is 1. The molecule has 2 heteroatoms. The molecule has 2 aliphatic rings. The van der Waals surface area contributed by atoms with Gasteiger partial charge in [-0.15, -0.1) is 0 Å². The Morgan fingerprint density at radius 2 is 1.93 bits per heavy atom. The second-order valence-electron chi connectivity index (χ2n) is 5.01. The molecule has 1 heterocycles. The fourth-order valence-corrected chi connectivity index (χ4v) is 2.94. The van der Waals surface area contributed by atoms with Crippen LogP contribution in [0.25, 0.3) is 0 Å². The summed E-state index contributed by atoms with van der Waals surface area (Å²) in [7, 11) is 0. The van der Waals surface area contributed by atoms with Crippen molar-refractivity contribution in [3.05, 3.63) is 0 Å². The molecule has 0 amide bonds. The minimum atomic E-state index is -0.536. The summed E-state index contributed by atoms with van der Waals surface area (Å²) in [6, 6.07) is 0. The minimum Gasteiger partial charge on any atom is -0.316 e. The van der Waals surface area contributed by atoms with Crippen LogP contribution in [-0.4, -0.2) is 19.3 Å². The molecular weight excluding hydrogens is 177 g/mol. The Hall–Kier alpha value is -0.110. The summed E-state index contributed by atoms with van der Waals surface area (Å²) in [6.45, 7) is 2.00. The maximum atomic E-state index is 13.9. The molecular formula is C12H22FN. The monoisotopic (exact) mass is 199 g/mol. The molecule has 1 saturated carbocycles. The molecule has 2 atom stereocenters. The van der Waals surface area contributed by atoms with Crippen molar-refractivity contribution in [2.45, 2.75) is 51.1 Å². The van der Waals surface area contributed by atoms with Gasteiger partial charge in [0.15, 0.2) is 0 Å². The molecule has 1 aliphatic carbocycles. The van der Waals surface area contributed by atoms with Crippen molar-refractivity contribution in [3.8, 4) is 0 Å². The Balaban J connectivity index is 1.72. The molecule has 1 nitrogen and oxygen atoms in total. The van der Waals surface area contributed by atoms with E-state index in [1.165, 1.54) is 25.7 Å². The van der Waals surface area contributed by atoms with Crippen molar-refractivity contribution in [2.75, 3.05) is 13.1 Å². The molecule has 0 aromatic rings. The molecule has 1 aliphatic heterocycles. The number of rotatable bonds is 3. The average Bonchev–Trinajstić information content (AvgIpc) is 2.72. The lowest BCUT2D eigenvalue weighted by atomic mass is 9.88. The van der Waals surface area contributed by atoms with E-state index in [9.17, 15) is 4.39 Å². The first-order valence-electron chi connectivity index (χ1n) is 6.21. The fourth-order valence-electron chi connectivity index (χ4n) is 2.94. The lowest BCUT2D eigenvalue weighted by Gasteiger charge is -2.27. The predicted molar refractivity (Wildman–Crippen MR) is 57.1 cm³/mol. The van der Waals surface area contributed by atoms with Crippen LogP contribution in [0.15, 0.2) is 0 Å². The van der Waals surface area contributed by atoms with Crippen LogP contribution in [0.4, 0.5) is 4.39 Å². The van der Waals surface area contributed by atoms with Crippen molar-refractivity contribution in [1.82, 2.24) is 5.32 Å². The smallest absolute Gasteiger partial charge is 0.104 e. The van der Waals surface area contributed by atoms with Crippen LogP contribution in [0.5, 0.6) is 0 Å². The summed E-state index contributed by atoms with van der Waals surface area (Å²) in [5.74, 6) is 1.01. The Morgan fingerprint density at radius 3 is 2.57 bits per heavy atom. The van der Waals surface area contributed by atoms with Crippen molar-refractivity contribution in [1.29, 1.82) is 0 Å². The lowest BCUT2D eigenvalue weighted by Crippen LogP contribution is -2.35. The topological polar surface area (TPSA) is 12.0 Å². The van der Waals surface area contributed by atoms with E-state index in [2.05, 4.69) is 5.32 Å². The standard InChI is InChI=1S/C12H22FN/c13-12(8-10-4-1-2-5-10)11-6-3-7-14-9-11/h10-12,14H,1-9H2. The highest BCUT2D eigenvalue weighted by Gasteiger charge is 2.27. The van der Waals surface area contributed by atoms with Crippen LogP contribution >= 0.6 is 0 Å². The summed E-state index contributed by atoms with van der Waals surface area (Å²) in [6.07, 6.45) is 7.79. The van der Waals surface area contributed by atoms with E-state index in [0.29, 0.717) is 11.8 Å². The second-order valence-corrected chi connectivity index (χ2v) is 5.01. The molecule has 0 aromatic carbocycles. The van der Waals surface area contributed by atoms with Crippen molar-refractivity contribution in [3.63, 3.8) is 0 Å². The van der Waals surface area contributed by atoms with E-state index in [-0.39, 0.29) is 0 Å². The molecule has 82 valence electrons. The second kappa shape index (κ2) is 5.11. The third-order valence-electron chi connectivity index (χ3n) is 3.88. The first-order valence-corrected chi connectivity index (χ1v) is 6.21. The maximum Gasteiger partial charge on any atom is 0.104 e. The molecule has 2 unspecified atom stereocenters. The number of nitrogens with one attached hydrogen (secondary N) is 1. The van der Waals surface area contributed by atoms with Gasteiger partial charge in [0.05, 0.1) is 0 Å². The first-order chi connectivity index (χ1) is 6.86. The van der Waals surface area contributed by atoms with Gasteiger partial charge in [-0.3, -0.25) is 0 Å². The zero-order valence-electron chi connectivity index (χ0n) is 8.97. The summed E-state index contributed by atoms with van der Waals surface area (Å²) in [5, 5.41) is 3.30. The minimum absolute atomic E-state index is 0.310. The summed E-state index contributed by atoms with van der Waals surface area (Å²) < 4.78 is 13.9. The van der Waals surface area contributed by atoms with Gasteiger partial charge in [0.25, 0.3) is 0 Å². The Bertz CT molecular complexity index is 160. The first kappa shape index (κ1) is 10.4. The number of piperidine rings is 1. The summed E-state index contributed by atoms with van der Waals surface area (Å²) >= 11 is 0. The molecule has 0 radical (unpaired) electrons. The van der Waals surface area contributed by atoms with Gasteiger partial charge in [-0.25, -0.2) is 4.39 Å². The van der Waals surface area contributed by atoms with E-state index < -0.39 is 6.17 Å². The van der Waals surface area contributed by atoms with Gasteiger partial charge in [-0.05, 0) is 31.7 Å². The number of hydrogen-bond acceptors (Lipinski definition) is 1. The molecule has 1 saturated heterocycles. The predicted octanol–water partition coefficient (Wildman–Crippen LogP) is 2.90. The van der Waals surface area contributed by atoms with E-state index in [1.54, 1.807) is 0 Å². The highest BCUT2D eigenvalue weighted by atomic mass is 19.1. The van der Waals surface area contributed by atoms with Crippen LogP contribution in [0.2, 0.25) is 0 Å². The molecule has 0 bridgehead atoms. The largest absolute Gasteiger partial charge is 0.316 e. The van der Waals surface area contributed by atoms with E-state index in [0.717, 1.165) is 32.4 Å². The van der Waals surface area contributed by atoms with Gasteiger partial charge < -0.3 is 5.32 Å². The molecule has 2 fully saturated rings. The van der Waals surface area contributed by atoms with Gasteiger partial charge in [-0.1, -0.05) is 25.7 Å². The van der Waals surface area contributed by atoms with Crippen LogP contribution in [-0.2, 0) is 0 Å². The molecule has 0 aromatic heterocycles. The third-order valence-corrected chi connectivity index (χ3v) is 3.88. The van der Waals surface area contributed by atoms with Crippen molar-refractivity contribution in [2.24, 2.45) is 11.8 Å². The van der Waals surface area contributed by atoms with Crippen LogP contribution in [0.1, 0.15) is 44.9 Å². The normalized spacial score (nSPS) is 31.9. The van der Waals surface area contributed by atoms with Gasteiger partial charge in [-0.2, -0.15) is 0 Å². The van der Waals surface area contributed by atoms with Crippen LogP contribution in [0, 0.1) is 11.8 Å². The van der Waals surface area contributed by atoms with Crippen molar-refractivity contribution < 1.29 is 4.39 Å². The Morgan fingerprint density at radius 1 is 1.14 bits per heavy atom. The maximum absolute atomic E-state index is 13.9. The summed E-state index contributed by atoms with van der Waals surface area (Å²) in [5.41, 5.74) is 0. The number of hydrogen-bond donors (Lipinski definition) is 1. The highest BCUT2D eigenvalue weighted by molar-refractivity contribution is 4.79. The zero-order valence-corrected chi connectivity index (χ0v) is 8.97. The van der Waals surface area contributed by atoms with Crippen LogP contribution < -0.4 is 5.32 Å². The van der Waals surface area contributed by atoms with E-state index in [1.807, 2.05) is 0 Å². The van der Waals surface area contributed by atoms with E-state index in [4.69, 9.17) is 0 Å². The zero-order chi connectivity index (χ0) is 9.80. The summed E-state index contributed by atoms with van der Waals surface area (Å²) in [4.78, 5) is 0. The Labute approximate surface area is 86.5 Å². The quantitative estimate of drug-likeness (QED) is 0.737. The van der Waals surface area contributed by atoms with Gasteiger partial charge in [0, 0.05) is 12.5 Å². The van der Waals surface area contributed by atoms with Crippen molar-refractivity contribution >= 4 is 0 Å². The SMILES string of the molecule is FC(CC1CCCC1)C1CCCNC1. The molecule has 14 heavy (non-hydrogen) atoms. The third kappa shape index (κ3) is 2.69. The number of halogens is 1. The van der Waals surface area contributed by atoms with E-state index >= 15 is 0 Å². The van der Waals surface area contributed by atoms with Gasteiger partial charge in [0.1, 0.15) is 6.17 Å². The van der Waals surface area contributed by atoms with Gasteiger partial charge >= 0.3 is 0 Å². The molecule has 1 N–H and O–H groups in total. The average molecular weight is 199 g/mol.